The zero-order chi connectivity index (χ0) is 24.5. The zero-order valence-corrected chi connectivity index (χ0v) is 19.4. The molecule has 2 aromatic carbocycles. The number of hydrogen-bond donors (Lipinski definition) is 3. The van der Waals surface area contributed by atoms with Gasteiger partial charge in [0, 0.05) is 31.8 Å². The van der Waals surface area contributed by atoms with Crippen molar-refractivity contribution >= 4 is 18.0 Å². The summed E-state index contributed by atoms with van der Waals surface area (Å²) in [5.74, 6) is -1.69. The van der Waals surface area contributed by atoms with Crippen LogP contribution in [-0.4, -0.2) is 63.9 Å². The van der Waals surface area contributed by atoms with E-state index in [2.05, 4.69) is 17.4 Å². The second kappa shape index (κ2) is 9.10. The standard InChI is InChI=1S/C26H30N2O6/c1-3-25(2,22(29)28-14-12-26(33,13-15-28)23(30)31)27-24(32)34-16-21-19-10-6-4-8-17(19)18-9-5-7-11-20(18)21/h4-11,21,33H,3,12-16H2,1-2H3,(H,27,32)(H,30,31). The number of carboxylic acid groups (broad SMARTS) is 1. The largest absolute Gasteiger partial charge is 0.479 e. The van der Waals surface area contributed by atoms with Crippen molar-refractivity contribution in [1.82, 2.24) is 10.2 Å². The van der Waals surface area contributed by atoms with Crippen LogP contribution in [-0.2, 0) is 14.3 Å². The van der Waals surface area contributed by atoms with Crippen molar-refractivity contribution in [2.45, 2.75) is 50.2 Å². The molecule has 1 aliphatic carbocycles. The minimum Gasteiger partial charge on any atom is -0.479 e. The molecule has 2 amide bonds. The molecule has 8 nitrogen and oxygen atoms in total. The Morgan fingerprint density at radius 1 is 1.06 bits per heavy atom. The van der Waals surface area contributed by atoms with Gasteiger partial charge < -0.3 is 25.2 Å². The number of carboxylic acids is 1. The van der Waals surface area contributed by atoms with E-state index in [9.17, 15) is 24.6 Å². The molecule has 34 heavy (non-hydrogen) atoms. The number of alkyl carbamates (subject to hydrolysis) is 1. The lowest BCUT2D eigenvalue weighted by Crippen LogP contribution is -2.60. The van der Waals surface area contributed by atoms with Gasteiger partial charge in [0.25, 0.3) is 0 Å². The molecule has 8 heteroatoms. The lowest BCUT2D eigenvalue weighted by Gasteiger charge is -2.40. The average Bonchev–Trinajstić information content (AvgIpc) is 3.16. The number of nitrogens with zero attached hydrogens (tertiary/aromatic N) is 1. The maximum atomic E-state index is 13.2. The summed E-state index contributed by atoms with van der Waals surface area (Å²) in [5.41, 5.74) is 1.44. The Hall–Kier alpha value is -3.39. The minimum absolute atomic E-state index is 0.0567. The first-order valence-corrected chi connectivity index (χ1v) is 11.6. The fourth-order valence-corrected chi connectivity index (χ4v) is 4.80. The van der Waals surface area contributed by atoms with Gasteiger partial charge in [-0.1, -0.05) is 55.5 Å². The van der Waals surface area contributed by atoms with E-state index >= 15 is 0 Å². The number of amides is 2. The average molecular weight is 467 g/mol. The van der Waals surface area contributed by atoms with E-state index in [1.54, 1.807) is 13.8 Å². The first-order chi connectivity index (χ1) is 16.2. The molecule has 1 saturated heterocycles. The first kappa shape index (κ1) is 23.8. The number of aliphatic hydroxyl groups is 1. The van der Waals surface area contributed by atoms with Gasteiger partial charge in [-0.25, -0.2) is 9.59 Å². The molecule has 0 aromatic heterocycles. The number of ether oxygens (including phenoxy) is 1. The molecule has 1 heterocycles. The fourth-order valence-electron chi connectivity index (χ4n) is 4.80. The van der Waals surface area contributed by atoms with Crippen LogP contribution in [0, 0.1) is 0 Å². The Morgan fingerprint density at radius 2 is 1.59 bits per heavy atom. The topological polar surface area (TPSA) is 116 Å². The van der Waals surface area contributed by atoms with Gasteiger partial charge in [-0.05, 0) is 35.6 Å². The van der Waals surface area contributed by atoms with Gasteiger partial charge in [-0.2, -0.15) is 0 Å². The maximum Gasteiger partial charge on any atom is 0.408 e. The van der Waals surface area contributed by atoms with Gasteiger partial charge >= 0.3 is 12.1 Å². The Bertz CT molecular complexity index is 1060. The summed E-state index contributed by atoms with van der Waals surface area (Å²) in [6, 6.07) is 16.1. The fraction of sp³-hybridized carbons (Fsp3) is 0.423. The Labute approximate surface area is 198 Å². The predicted molar refractivity (Wildman–Crippen MR) is 125 cm³/mol. The first-order valence-electron chi connectivity index (χ1n) is 11.6. The molecule has 1 atom stereocenters. The molecule has 1 fully saturated rings. The van der Waals surface area contributed by atoms with Crippen LogP contribution < -0.4 is 5.32 Å². The smallest absolute Gasteiger partial charge is 0.408 e. The molecule has 2 aromatic rings. The number of rotatable bonds is 6. The van der Waals surface area contributed by atoms with E-state index < -0.39 is 23.2 Å². The normalized spacial score (nSPS) is 18.4. The van der Waals surface area contributed by atoms with Crippen LogP contribution in [0.15, 0.2) is 48.5 Å². The third-order valence-electron chi connectivity index (χ3n) is 7.18. The van der Waals surface area contributed by atoms with Crippen LogP contribution in [0.1, 0.15) is 50.2 Å². The molecule has 1 aliphatic heterocycles. The third-order valence-corrected chi connectivity index (χ3v) is 7.18. The highest BCUT2D eigenvalue weighted by Crippen LogP contribution is 2.44. The van der Waals surface area contributed by atoms with Gasteiger partial charge in [0.2, 0.25) is 5.91 Å². The predicted octanol–water partition coefficient (Wildman–Crippen LogP) is 3.13. The summed E-state index contributed by atoms with van der Waals surface area (Å²) in [7, 11) is 0. The van der Waals surface area contributed by atoms with Crippen LogP contribution in [0.3, 0.4) is 0 Å². The molecular weight excluding hydrogens is 436 g/mol. The lowest BCUT2D eigenvalue weighted by molar-refractivity contribution is -0.166. The molecule has 4 rings (SSSR count). The molecule has 180 valence electrons. The van der Waals surface area contributed by atoms with Crippen molar-refractivity contribution in [3.63, 3.8) is 0 Å². The molecule has 2 aliphatic rings. The van der Waals surface area contributed by atoms with Crippen LogP contribution in [0.4, 0.5) is 4.79 Å². The second-order valence-electron chi connectivity index (χ2n) is 9.27. The minimum atomic E-state index is -1.82. The molecule has 0 radical (unpaired) electrons. The summed E-state index contributed by atoms with van der Waals surface area (Å²) in [6.45, 7) is 3.77. The van der Waals surface area contributed by atoms with E-state index in [1.165, 1.54) is 4.90 Å². The summed E-state index contributed by atoms with van der Waals surface area (Å²) in [6.07, 6.45) is -0.466. The highest BCUT2D eigenvalue weighted by molar-refractivity contribution is 5.90. The van der Waals surface area contributed by atoms with Gasteiger partial charge in [0.05, 0.1) is 0 Å². The SMILES string of the molecule is CCC(C)(NC(=O)OCC1c2ccccc2-c2ccccc21)C(=O)N1CCC(O)(C(=O)O)CC1. The highest BCUT2D eigenvalue weighted by Gasteiger charge is 2.44. The zero-order valence-electron chi connectivity index (χ0n) is 19.4. The number of hydrogen-bond acceptors (Lipinski definition) is 5. The second-order valence-corrected chi connectivity index (χ2v) is 9.27. The molecule has 0 bridgehead atoms. The number of carbonyl (C=O) groups excluding carboxylic acids is 2. The lowest BCUT2D eigenvalue weighted by atomic mass is 9.89. The van der Waals surface area contributed by atoms with Crippen LogP contribution in [0.5, 0.6) is 0 Å². The third kappa shape index (κ3) is 4.25. The van der Waals surface area contributed by atoms with Crippen molar-refractivity contribution in [3.8, 4) is 11.1 Å². The Morgan fingerprint density at radius 3 is 2.09 bits per heavy atom. The summed E-state index contributed by atoms with van der Waals surface area (Å²) >= 11 is 0. The van der Waals surface area contributed by atoms with Crippen LogP contribution in [0.2, 0.25) is 0 Å². The number of nitrogens with one attached hydrogen (secondary N) is 1. The van der Waals surface area contributed by atoms with Crippen LogP contribution in [0.25, 0.3) is 11.1 Å². The van der Waals surface area contributed by atoms with Gasteiger partial charge in [-0.3, -0.25) is 4.79 Å². The van der Waals surface area contributed by atoms with E-state index in [-0.39, 0.29) is 44.4 Å². The number of fused-ring (bicyclic) bond motifs is 3. The highest BCUT2D eigenvalue weighted by atomic mass is 16.5. The molecule has 0 spiro atoms. The van der Waals surface area contributed by atoms with Gasteiger partial charge in [0.15, 0.2) is 5.60 Å². The van der Waals surface area contributed by atoms with E-state index in [1.807, 2.05) is 36.4 Å². The van der Waals surface area contributed by atoms with E-state index in [0.717, 1.165) is 22.3 Å². The van der Waals surface area contributed by atoms with Crippen molar-refractivity contribution in [3.05, 3.63) is 59.7 Å². The van der Waals surface area contributed by atoms with Crippen molar-refractivity contribution < 1.29 is 29.3 Å². The molecule has 1 unspecified atom stereocenters. The monoisotopic (exact) mass is 466 g/mol. The van der Waals surface area contributed by atoms with Gasteiger partial charge in [-0.15, -0.1) is 0 Å². The van der Waals surface area contributed by atoms with Crippen LogP contribution >= 0.6 is 0 Å². The van der Waals surface area contributed by atoms with Crippen molar-refractivity contribution in [2.75, 3.05) is 19.7 Å². The van der Waals surface area contributed by atoms with E-state index in [4.69, 9.17) is 4.74 Å². The number of piperidine rings is 1. The molecule has 0 saturated carbocycles. The summed E-state index contributed by atoms with van der Waals surface area (Å²) in [5, 5.41) is 22.1. The maximum absolute atomic E-state index is 13.2. The van der Waals surface area contributed by atoms with E-state index in [0.29, 0.717) is 6.42 Å². The number of aliphatic carboxylic acids is 1. The molecule has 3 N–H and O–H groups in total. The Balaban J connectivity index is 1.40. The van der Waals surface area contributed by atoms with Crippen molar-refractivity contribution in [2.24, 2.45) is 0 Å². The number of benzene rings is 2. The quantitative estimate of drug-likeness (QED) is 0.602. The number of carbonyl (C=O) groups is 3. The molecular formula is C26H30N2O6. The Kier molecular flexibility index (Phi) is 6.36. The van der Waals surface area contributed by atoms with Crippen molar-refractivity contribution in [1.29, 1.82) is 0 Å². The summed E-state index contributed by atoms with van der Waals surface area (Å²) < 4.78 is 5.60. The summed E-state index contributed by atoms with van der Waals surface area (Å²) in [4.78, 5) is 38.7. The van der Waals surface area contributed by atoms with Gasteiger partial charge in [0.1, 0.15) is 12.1 Å². The number of likely N-dealkylation sites (tertiary alicyclic amines) is 1.